The number of rotatable bonds is 3. The predicted octanol–water partition coefficient (Wildman–Crippen LogP) is 5.52. The number of benzene rings is 3. The molecule has 0 saturated heterocycles. The lowest BCUT2D eigenvalue weighted by Gasteiger charge is -2.21. The fourth-order valence-electron chi connectivity index (χ4n) is 2.72. The van der Waals surface area contributed by atoms with Gasteiger partial charge in [0, 0.05) is 8.04 Å². The van der Waals surface area contributed by atoms with Crippen molar-refractivity contribution in [2.24, 2.45) is 0 Å². The summed E-state index contributed by atoms with van der Waals surface area (Å²) in [5, 5.41) is 6.03. The van der Waals surface area contributed by atoms with Crippen LogP contribution in [0.5, 0.6) is 0 Å². The largest absolute Gasteiger partial charge is 0.309 e. The molecule has 0 amide bonds. The maximum absolute atomic E-state index is 3.69. The lowest BCUT2D eigenvalue weighted by Crippen LogP contribution is -2.18. The summed E-state index contributed by atoms with van der Waals surface area (Å²) in [5.74, 6) is 0. The summed E-state index contributed by atoms with van der Waals surface area (Å²) in [6, 6.07) is 21.7. The number of nitrogens with one attached hydrogen (secondary N) is 1. The Morgan fingerprint density at radius 2 is 1.71 bits per heavy atom. The van der Waals surface area contributed by atoms with Crippen molar-refractivity contribution >= 4 is 49.3 Å². The molecule has 1 unspecified atom stereocenters. The molecule has 3 aromatic rings. The van der Waals surface area contributed by atoms with E-state index in [0.29, 0.717) is 0 Å². The maximum Gasteiger partial charge on any atom is 0.0591 e. The fraction of sp³-hybridized carbons (Fsp3) is 0.111. The molecule has 0 fully saturated rings. The molecule has 0 aliphatic heterocycles. The molecule has 106 valence electrons. The van der Waals surface area contributed by atoms with Crippen molar-refractivity contribution in [3.8, 4) is 0 Å². The Morgan fingerprint density at radius 1 is 0.952 bits per heavy atom. The monoisotopic (exact) mass is 451 g/mol. The highest BCUT2D eigenvalue weighted by Gasteiger charge is 2.17. The zero-order valence-electron chi connectivity index (χ0n) is 11.6. The Labute approximate surface area is 147 Å². The smallest absolute Gasteiger partial charge is 0.0591 e. The average Bonchev–Trinajstić information content (AvgIpc) is 2.51. The SMILES string of the molecule is CNC(c1cc(I)ccc1Br)c1cccc2ccccc12. The minimum Gasteiger partial charge on any atom is -0.309 e. The zero-order valence-corrected chi connectivity index (χ0v) is 15.4. The van der Waals surface area contributed by atoms with Crippen molar-refractivity contribution in [3.63, 3.8) is 0 Å². The van der Waals surface area contributed by atoms with Crippen LogP contribution >= 0.6 is 38.5 Å². The van der Waals surface area contributed by atoms with Gasteiger partial charge < -0.3 is 5.32 Å². The van der Waals surface area contributed by atoms with Gasteiger partial charge >= 0.3 is 0 Å². The minimum absolute atomic E-state index is 0.167. The van der Waals surface area contributed by atoms with Crippen LogP contribution in [0.25, 0.3) is 10.8 Å². The highest BCUT2D eigenvalue weighted by Crippen LogP contribution is 2.33. The first-order valence-corrected chi connectivity index (χ1v) is 8.68. The van der Waals surface area contributed by atoms with Crippen LogP contribution < -0.4 is 5.32 Å². The van der Waals surface area contributed by atoms with Crippen LogP contribution in [0.15, 0.2) is 65.1 Å². The molecule has 3 aromatic carbocycles. The molecule has 1 atom stereocenters. The molecule has 0 saturated carbocycles. The molecule has 0 heterocycles. The van der Waals surface area contributed by atoms with E-state index in [0.717, 1.165) is 4.47 Å². The summed E-state index contributed by atoms with van der Waals surface area (Å²) < 4.78 is 2.38. The lowest BCUT2D eigenvalue weighted by atomic mass is 9.94. The molecule has 3 rings (SSSR count). The highest BCUT2D eigenvalue weighted by molar-refractivity contribution is 14.1. The van der Waals surface area contributed by atoms with E-state index in [1.807, 2.05) is 7.05 Å². The molecule has 0 aliphatic rings. The van der Waals surface area contributed by atoms with Gasteiger partial charge in [-0.1, -0.05) is 58.4 Å². The first kappa shape index (κ1) is 15.0. The number of hydrogen-bond acceptors (Lipinski definition) is 1. The number of fused-ring (bicyclic) bond motifs is 1. The van der Waals surface area contributed by atoms with Crippen LogP contribution in [0.1, 0.15) is 17.2 Å². The van der Waals surface area contributed by atoms with Crippen LogP contribution in [-0.4, -0.2) is 7.05 Å². The molecule has 3 heteroatoms. The van der Waals surface area contributed by atoms with E-state index < -0.39 is 0 Å². The van der Waals surface area contributed by atoms with E-state index in [9.17, 15) is 0 Å². The van der Waals surface area contributed by atoms with Gasteiger partial charge in [0.2, 0.25) is 0 Å². The quantitative estimate of drug-likeness (QED) is 0.517. The van der Waals surface area contributed by atoms with Crippen molar-refractivity contribution in [2.45, 2.75) is 6.04 Å². The second-order valence-electron chi connectivity index (χ2n) is 4.96. The molecule has 0 aliphatic carbocycles. The lowest BCUT2D eigenvalue weighted by molar-refractivity contribution is 0.693. The van der Waals surface area contributed by atoms with Crippen LogP contribution in [-0.2, 0) is 0 Å². The topological polar surface area (TPSA) is 12.0 Å². The van der Waals surface area contributed by atoms with Gasteiger partial charge in [-0.2, -0.15) is 0 Å². The Morgan fingerprint density at radius 3 is 2.52 bits per heavy atom. The van der Waals surface area contributed by atoms with E-state index >= 15 is 0 Å². The molecular formula is C18H15BrIN. The summed E-state index contributed by atoms with van der Waals surface area (Å²) in [5.41, 5.74) is 2.57. The normalized spacial score (nSPS) is 12.5. The van der Waals surface area contributed by atoms with Crippen LogP contribution in [0.3, 0.4) is 0 Å². The summed E-state index contributed by atoms with van der Waals surface area (Å²) >= 11 is 6.05. The third-order valence-corrected chi connectivity index (χ3v) is 5.09. The van der Waals surface area contributed by atoms with Crippen molar-refractivity contribution in [1.29, 1.82) is 0 Å². The summed E-state index contributed by atoms with van der Waals surface area (Å²) in [6.07, 6.45) is 0. The van der Waals surface area contributed by atoms with E-state index in [2.05, 4.69) is 105 Å². The van der Waals surface area contributed by atoms with Crippen molar-refractivity contribution in [3.05, 3.63) is 79.8 Å². The number of halogens is 2. The Hall–Kier alpha value is -0.910. The van der Waals surface area contributed by atoms with Crippen LogP contribution in [0.2, 0.25) is 0 Å². The highest BCUT2D eigenvalue weighted by atomic mass is 127. The standard InChI is InChI=1S/C18H15BrIN/c1-21-18(16-11-13(20)9-10-17(16)19)15-8-4-6-12-5-2-3-7-14(12)15/h2-11,18,21H,1H3. The van der Waals surface area contributed by atoms with Crippen LogP contribution in [0, 0.1) is 3.57 Å². The Bertz CT molecular complexity index is 780. The maximum atomic E-state index is 3.69. The molecule has 0 spiro atoms. The predicted molar refractivity (Wildman–Crippen MR) is 102 cm³/mol. The first-order valence-electron chi connectivity index (χ1n) is 6.80. The van der Waals surface area contributed by atoms with Gasteiger partial charge in [-0.25, -0.2) is 0 Å². The van der Waals surface area contributed by atoms with Crippen LogP contribution in [0.4, 0.5) is 0 Å². The van der Waals surface area contributed by atoms with Gasteiger partial charge in [0.15, 0.2) is 0 Å². The fourth-order valence-corrected chi connectivity index (χ4v) is 3.71. The second-order valence-corrected chi connectivity index (χ2v) is 7.06. The minimum atomic E-state index is 0.167. The van der Waals surface area contributed by atoms with E-state index in [4.69, 9.17) is 0 Å². The van der Waals surface area contributed by atoms with Gasteiger partial charge in [-0.15, -0.1) is 0 Å². The first-order chi connectivity index (χ1) is 10.2. The van der Waals surface area contributed by atoms with E-state index in [1.54, 1.807) is 0 Å². The van der Waals surface area contributed by atoms with Crippen molar-refractivity contribution in [2.75, 3.05) is 7.05 Å². The summed E-state index contributed by atoms with van der Waals surface area (Å²) in [6.45, 7) is 0. The zero-order chi connectivity index (χ0) is 14.8. The molecule has 1 nitrogen and oxygen atoms in total. The molecule has 21 heavy (non-hydrogen) atoms. The van der Waals surface area contributed by atoms with Gasteiger partial charge in [-0.05, 0) is 69.7 Å². The Balaban J connectivity index is 2.21. The molecule has 0 radical (unpaired) electrons. The molecule has 0 aromatic heterocycles. The van der Waals surface area contributed by atoms with Gasteiger partial charge in [0.25, 0.3) is 0 Å². The third-order valence-electron chi connectivity index (χ3n) is 3.69. The third kappa shape index (κ3) is 3.00. The molecule has 1 N–H and O–H groups in total. The van der Waals surface area contributed by atoms with Gasteiger partial charge in [-0.3, -0.25) is 0 Å². The van der Waals surface area contributed by atoms with Crippen molar-refractivity contribution in [1.82, 2.24) is 5.32 Å². The second kappa shape index (κ2) is 6.46. The summed E-state index contributed by atoms with van der Waals surface area (Å²) in [4.78, 5) is 0. The average molecular weight is 452 g/mol. The van der Waals surface area contributed by atoms with E-state index in [1.165, 1.54) is 25.5 Å². The molecule has 0 bridgehead atoms. The van der Waals surface area contributed by atoms with Crippen molar-refractivity contribution < 1.29 is 0 Å². The number of hydrogen-bond donors (Lipinski definition) is 1. The van der Waals surface area contributed by atoms with Gasteiger partial charge in [0.05, 0.1) is 6.04 Å². The Kier molecular flexibility index (Phi) is 4.62. The summed E-state index contributed by atoms with van der Waals surface area (Å²) in [7, 11) is 2.01. The van der Waals surface area contributed by atoms with Gasteiger partial charge in [0.1, 0.15) is 0 Å². The molecular weight excluding hydrogens is 437 g/mol. The van der Waals surface area contributed by atoms with E-state index in [-0.39, 0.29) is 6.04 Å².